The molecule has 1 saturated heterocycles. The maximum absolute atomic E-state index is 11.2. The van der Waals surface area contributed by atoms with Crippen LogP contribution in [0.4, 0.5) is 0 Å². The lowest BCUT2D eigenvalue weighted by molar-refractivity contribution is -0.123. The summed E-state index contributed by atoms with van der Waals surface area (Å²) >= 11 is 1.54. The number of amides is 1. The molecule has 0 radical (unpaired) electrons. The highest BCUT2D eigenvalue weighted by molar-refractivity contribution is 7.98. The molecule has 2 rings (SSSR count). The van der Waals surface area contributed by atoms with Crippen molar-refractivity contribution < 1.29 is 19.0 Å². The van der Waals surface area contributed by atoms with Crippen molar-refractivity contribution in [3.8, 4) is 17.2 Å². The van der Waals surface area contributed by atoms with E-state index in [2.05, 4.69) is 10.9 Å². The minimum absolute atomic E-state index is 0.0138. The van der Waals surface area contributed by atoms with Crippen molar-refractivity contribution in [2.45, 2.75) is 23.8 Å². The minimum Gasteiger partial charge on any atom is -0.495 e. The molecule has 0 saturated carbocycles. The first kappa shape index (κ1) is 17.5. The van der Waals surface area contributed by atoms with Crippen LogP contribution in [0.5, 0.6) is 17.2 Å². The maximum atomic E-state index is 11.2. The van der Waals surface area contributed by atoms with E-state index in [4.69, 9.17) is 14.2 Å². The molecule has 126 valence electrons. The van der Waals surface area contributed by atoms with Crippen molar-refractivity contribution in [1.82, 2.24) is 10.9 Å². The molecule has 6 nitrogen and oxygen atoms in total. The summed E-state index contributed by atoms with van der Waals surface area (Å²) in [5, 5.41) is 0. The standard InChI is InChI=1S/C16H22N2O4S/c1-20-12-9-10(5-6-11-7-8-13(19)18-17-11)14(21-2)15(22-3)16(12)23-4/h5-6,9,11,17H,7-8H2,1-4H3,(H,18,19)/b6-5+. The summed E-state index contributed by atoms with van der Waals surface area (Å²) in [7, 11) is 4.86. The lowest BCUT2D eigenvalue weighted by Gasteiger charge is -2.21. The third-order valence-electron chi connectivity index (χ3n) is 3.60. The van der Waals surface area contributed by atoms with Crippen LogP contribution in [0, 0.1) is 0 Å². The highest BCUT2D eigenvalue weighted by Crippen LogP contribution is 2.46. The molecule has 1 aromatic rings. The zero-order valence-electron chi connectivity index (χ0n) is 13.8. The van der Waals surface area contributed by atoms with Crippen LogP contribution >= 0.6 is 11.8 Å². The van der Waals surface area contributed by atoms with E-state index in [9.17, 15) is 4.79 Å². The van der Waals surface area contributed by atoms with Gasteiger partial charge in [0.1, 0.15) is 5.75 Å². The Bertz CT molecular complexity index is 594. The normalized spacial score (nSPS) is 17.9. The van der Waals surface area contributed by atoms with Crippen LogP contribution in [0.1, 0.15) is 18.4 Å². The van der Waals surface area contributed by atoms with Crippen LogP contribution < -0.4 is 25.1 Å². The Labute approximate surface area is 140 Å². The second-order valence-electron chi connectivity index (χ2n) is 4.96. The number of benzene rings is 1. The van der Waals surface area contributed by atoms with E-state index in [1.165, 1.54) is 0 Å². The molecule has 1 aromatic carbocycles. The summed E-state index contributed by atoms with van der Waals surface area (Å²) in [5.41, 5.74) is 6.46. The van der Waals surface area contributed by atoms with E-state index in [-0.39, 0.29) is 11.9 Å². The van der Waals surface area contributed by atoms with Crippen LogP contribution in [-0.2, 0) is 4.79 Å². The predicted octanol–water partition coefficient (Wildman–Crippen LogP) is 2.23. The van der Waals surface area contributed by atoms with Crippen LogP contribution in [0.2, 0.25) is 0 Å². The fourth-order valence-corrected chi connectivity index (χ4v) is 3.15. The number of ether oxygens (including phenoxy) is 3. The molecule has 1 aliphatic rings. The first-order chi connectivity index (χ1) is 11.1. The molecule has 1 fully saturated rings. The fourth-order valence-electron chi connectivity index (χ4n) is 2.44. The Morgan fingerprint density at radius 1 is 1.22 bits per heavy atom. The van der Waals surface area contributed by atoms with Gasteiger partial charge >= 0.3 is 0 Å². The van der Waals surface area contributed by atoms with Gasteiger partial charge in [0.15, 0.2) is 11.5 Å². The zero-order chi connectivity index (χ0) is 16.8. The van der Waals surface area contributed by atoms with Crippen LogP contribution in [-0.4, -0.2) is 39.5 Å². The Morgan fingerprint density at radius 2 is 1.96 bits per heavy atom. The van der Waals surface area contributed by atoms with E-state index in [1.807, 2.05) is 24.5 Å². The average Bonchev–Trinajstić information content (AvgIpc) is 2.59. The average molecular weight is 338 g/mol. The second-order valence-corrected chi connectivity index (χ2v) is 5.78. The van der Waals surface area contributed by atoms with E-state index >= 15 is 0 Å². The van der Waals surface area contributed by atoms with Crippen molar-refractivity contribution >= 4 is 23.7 Å². The lowest BCUT2D eigenvalue weighted by Crippen LogP contribution is -2.48. The molecule has 1 aliphatic heterocycles. The maximum Gasteiger partial charge on any atom is 0.234 e. The summed E-state index contributed by atoms with van der Waals surface area (Å²) < 4.78 is 16.5. The number of hydrogen-bond acceptors (Lipinski definition) is 6. The molecular formula is C16H22N2O4S. The van der Waals surface area contributed by atoms with E-state index in [0.29, 0.717) is 17.9 Å². The summed E-state index contributed by atoms with van der Waals surface area (Å²) in [6, 6.07) is 2.00. The summed E-state index contributed by atoms with van der Waals surface area (Å²) in [4.78, 5) is 12.1. The monoisotopic (exact) mass is 338 g/mol. The molecule has 1 heterocycles. The number of hydrazine groups is 1. The van der Waals surface area contributed by atoms with Gasteiger partial charge in [0.2, 0.25) is 5.91 Å². The number of methoxy groups -OCH3 is 3. The van der Waals surface area contributed by atoms with Crippen molar-refractivity contribution in [2.24, 2.45) is 0 Å². The molecule has 7 heteroatoms. The second kappa shape index (κ2) is 8.12. The molecule has 2 N–H and O–H groups in total. The van der Waals surface area contributed by atoms with Gasteiger partial charge in [-0.1, -0.05) is 12.2 Å². The van der Waals surface area contributed by atoms with Gasteiger partial charge < -0.3 is 14.2 Å². The third-order valence-corrected chi connectivity index (χ3v) is 4.40. The Morgan fingerprint density at radius 3 is 2.48 bits per heavy atom. The number of thioether (sulfide) groups is 1. The molecule has 1 unspecified atom stereocenters. The highest BCUT2D eigenvalue weighted by Gasteiger charge is 2.20. The molecule has 0 aliphatic carbocycles. The Hall–Kier alpha value is -1.86. The minimum atomic E-state index is 0.0138. The summed E-state index contributed by atoms with van der Waals surface area (Å²) in [6.07, 6.45) is 7.17. The highest BCUT2D eigenvalue weighted by atomic mass is 32.2. The molecule has 1 amide bonds. The van der Waals surface area contributed by atoms with Gasteiger partial charge in [-0.3, -0.25) is 10.2 Å². The number of hydrogen-bond donors (Lipinski definition) is 2. The number of carbonyl (C=O) groups excluding carboxylic acids is 1. The van der Waals surface area contributed by atoms with Crippen LogP contribution in [0.15, 0.2) is 17.0 Å². The molecular weight excluding hydrogens is 316 g/mol. The number of rotatable bonds is 6. The lowest BCUT2D eigenvalue weighted by atomic mass is 10.1. The molecule has 23 heavy (non-hydrogen) atoms. The first-order valence-electron chi connectivity index (χ1n) is 7.24. The van der Waals surface area contributed by atoms with Gasteiger partial charge in [-0.25, -0.2) is 5.43 Å². The predicted molar refractivity (Wildman–Crippen MR) is 91.2 cm³/mol. The van der Waals surface area contributed by atoms with Gasteiger partial charge in [-0.2, -0.15) is 0 Å². The van der Waals surface area contributed by atoms with Gasteiger partial charge in [-0.05, 0) is 18.7 Å². The van der Waals surface area contributed by atoms with Crippen molar-refractivity contribution in [3.05, 3.63) is 17.7 Å². The third kappa shape index (κ3) is 3.92. The molecule has 0 spiro atoms. The number of nitrogens with one attached hydrogen (secondary N) is 2. The molecule has 1 atom stereocenters. The number of carbonyl (C=O) groups is 1. The largest absolute Gasteiger partial charge is 0.495 e. The Balaban J connectivity index is 2.35. The van der Waals surface area contributed by atoms with Crippen LogP contribution in [0.25, 0.3) is 6.08 Å². The fraction of sp³-hybridized carbons (Fsp3) is 0.438. The quantitative estimate of drug-likeness (QED) is 0.775. The van der Waals surface area contributed by atoms with E-state index in [1.54, 1.807) is 33.1 Å². The Kier molecular flexibility index (Phi) is 6.18. The SMILES string of the molecule is COc1cc(/C=C/C2CCC(=O)NN2)c(OC)c(OC)c1SC. The van der Waals surface area contributed by atoms with E-state index < -0.39 is 0 Å². The van der Waals surface area contributed by atoms with Gasteiger partial charge in [-0.15, -0.1) is 11.8 Å². The first-order valence-corrected chi connectivity index (χ1v) is 8.46. The van der Waals surface area contributed by atoms with Crippen molar-refractivity contribution in [2.75, 3.05) is 27.6 Å². The summed E-state index contributed by atoms with van der Waals surface area (Å²) in [5.74, 6) is 2.07. The topological polar surface area (TPSA) is 68.8 Å². The smallest absolute Gasteiger partial charge is 0.234 e. The van der Waals surface area contributed by atoms with Gasteiger partial charge in [0.25, 0.3) is 0 Å². The van der Waals surface area contributed by atoms with Crippen molar-refractivity contribution in [1.29, 1.82) is 0 Å². The zero-order valence-corrected chi connectivity index (χ0v) is 14.6. The van der Waals surface area contributed by atoms with E-state index in [0.717, 1.165) is 22.6 Å². The molecule has 0 aromatic heterocycles. The van der Waals surface area contributed by atoms with Gasteiger partial charge in [0.05, 0.1) is 26.2 Å². The van der Waals surface area contributed by atoms with Crippen molar-refractivity contribution in [3.63, 3.8) is 0 Å². The van der Waals surface area contributed by atoms with Crippen LogP contribution in [0.3, 0.4) is 0 Å². The molecule has 0 bridgehead atoms. The van der Waals surface area contributed by atoms with Gasteiger partial charge in [0, 0.05) is 18.0 Å². The summed E-state index contributed by atoms with van der Waals surface area (Å²) in [6.45, 7) is 0.